The van der Waals surface area contributed by atoms with Crippen molar-refractivity contribution in [3.8, 4) is 0 Å². The second-order valence-electron chi connectivity index (χ2n) is 4.85. The summed E-state index contributed by atoms with van der Waals surface area (Å²) in [6.45, 7) is 1.22. The van der Waals surface area contributed by atoms with Crippen LogP contribution in [0.25, 0.3) is 0 Å². The van der Waals surface area contributed by atoms with Crippen molar-refractivity contribution >= 4 is 11.7 Å². The number of fused-ring (bicyclic) bond motifs is 1. The van der Waals surface area contributed by atoms with Gasteiger partial charge in [-0.3, -0.25) is 4.79 Å². The normalized spacial score (nSPS) is 26.1. The third-order valence-electron chi connectivity index (χ3n) is 3.77. The van der Waals surface area contributed by atoms with Gasteiger partial charge in [-0.05, 0) is 31.4 Å². The molecule has 3 N–H and O–H groups in total. The molecule has 3 rings (SSSR count). The van der Waals surface area contributed by atoms with E-state index in [0.29, 0.717) is 24.7 Å². The molecule has 1 aromatic rings. The second-order valence-corrected chi connectivity index (χ2v) is 4.85. The van der Waals surface area contributed by atoms with Crippen LogP contribution in [0.4, 0.5) is 5.82 Å². The van der Waals surface area contributed by atoms with Gasteiger partial charge in [-0.25, -0.2) is 5.84 Å². The maximum Gasteiger partial charge on any atom is 0.274 e. The van der Waals surface area contributed by atoms with E-state index >= 15 is 0 Å². The molecule has 0 bridgehead atoms. The number of hydrogen-bond donors (Lipinski definition) is 2. The van der Waals surface area contributed by atoms with E-state index in [9.17, 15) is 4.79 Å². The van der Waals surface area contributed by atoms with E-state index in [4.69, 9.17) is 10.6 Å². The predicted molar refractivity (Wildman–Crippen MR) is 68.3 cm³/mol. The van der Waals surface area contributed by atoms with Gasteiger partial charge in [0, 0.05) is 6.54 Å². The van der Waals surface area contributed by atoms with E-state index in [1.54, 1.807) is 12.1 Å². The minimum Gasteiger partial charge on any atom is -0.374 e. The summed E-state index contributed by atoms with van der Waals surface area (Å²) >= 11 is 0. The Morgan fingerprint density at radius 3 is 3.05 bits per heavy atom. The summed E-state index contributed by atoms with van der Waals surface area (Å²) in [4.78, 5) is 14.3. The zero-order chi connectivity index (χ0) is 13.2. The maximum atomic E-state index is 12.5. The molecular formula is C12H17N5O2. The lowest BCUT2D eigenvalue weighted by atomic mass is 10.1. The summed E-state index contributed by atoms with van der Waals surface area (Å²) in [5, 5.41) is 7.75. The zero-order valence-electron chi connectivity index (χ0n) is 10.6. The van der Waals surface area contributed by atoms with E-state index in [1.165, 1.54) is 0 Å². The third-order valence-corrected chi connectivity index (χ3v) is 3.77. The van der Waals surface area contributed by atoms with Crippen LogP contribution in [0.3, 0.4) is 0 Å². The number of anilines is 1. The van der Waals surface area contributed by atoms with E-state index < -0.39 is 0 Å². The van der Waals surface area contributed by atoms with Crippen LogP contribution in [-0.4, -0.2) is 46.3 Å². The number of amides is 1. The lowest BCUT2D eigenvalue weighted by Gasteiger charge is -2.37. The number of nitrogens with one attached hydrogen (secondary N) is 1. The Kier molecular flexibility index (Phi) is 3.31. The molecule has 7 nitrogen and oxygen atoms in total. The largest absolute Gasteiger partial charge is 0.374 e. The van der Waals surface area contributed by atoms with Crippen LogP contribution in [-0.2, 0) is 4.74 Å². The Labute approximate surface area is 111 Å². The lowest BCUT2D eigenvalue weighted by molar-refractivity contribution is -0.0447. The van der Waals surface area contributed by atoms with Gasteiger partial charge in [-0.2, -0.15) is 0 Å². The fourth-order valence-corrected chi connectivity index (χ4v) is 2.85. The first kappa shape index (κ1) is 12.3. The standard InChI is InChI=1S/C12H17N5O2/c13-14-11-5-4-8(15-16-11)12(18)17-6-7-19-10-3-1-2-9(10)17/h4-5,9-10H,1-3,6-7,13H2,(H,14,16). The number of rotatable bonds is 2. The number of hydrogen-bond acceptors (Lipinski definition) is 6. The summed E-state index contributed by atoms with van der Waals surface area (Å²) in [6.07, 6.45) is 3.35. The number of nitrogen functional groups attached to an aromatic ring is 1. The first-order valence-corrected chi connectivity index (χ1v) is 6.52. The van der Waals surface area contributed by atoms with E-state index in [0.717, 1.165) is 19.3 Å². The lowest BCUT2D eigenvalue weighted by Crippen LogP contribution is -2.51. The summed E-state index contributed by atoms with van der Waals surface area (Å²) in [7, 11) is 0. The molecule has 2 atom stereocenters. The summed E-state index contributed by atoms with van der Waals surface area (Å²) < 4.78 is 5.70. The highest BCUT2D eigenvalue weighted by atomic mass is 16.5. The third kappa shape index (κ3) is 2.26. The molecule has 2 unspecified atom stereocenters. The number of hydrazine groups is 1. The molecule has 2 fully saturated rings. The summed E-state index contributed by atoms with van der Waals surface area (Å²) in [6, 6.07) is 3.48. The molecule has 7 heteroatoms. The molecule has 102 valence electrons. The molecule has 1 aliphatic carbocycles. The van der Waals surface area contributed by atoms with Crippen molar-refractivity contribution in [2.24, 2.45) is 5.84 Å². The molecule has 1 saturated carbocycles. The van der Waals surface area contributed by atoms with Crippen molar-refractivity contribution in [3.63, 3.8) is 0 Å². The topological polar surface area (TPSA) is 93.4 Å². The molecule has 0 aromatic carbocycles. The van der Waals surface area contributed by atoms with Crippen LogP contribution in [0.5, 0.6) is 0 Å². The molecule has 2 heterocycles. The minimum absolute atomic E-state index is 0.0729. The molecule has 0 radical (unpaired) electrons. The van der Waals surface area contributed by atoms with Crippen LogP contribution in [0.1, 0.15) is 29.8 Å². The van der Waals surface area contributed by atoms with Crippen molar-refractivity contribution in [1.82, 2.24) is 15.1 Å². The average Bonchev–Trinajstić information content (AvgIpc) is 2.95. The van der Waals surface area contributed by atoms with Crippen molar-refractivity contribution in [2.75, 3.05) is 18.6 Å². The van der Waals surface area contributed by atoms with Crippen molar-refractivity contribution in [3.05, 3.63) is 17.8 Å². The maximum absolute atomic E-state index is 12.5. The first-order chi connectivity index (χ1) is 9.29. The van der Waals surface area contributed by atoms with Crippen LogP contribution in [0.15, 0.2) is 12.1 Å². The molecule has 1 aromatic heterocycles. The molecule has 1 saturated heterocycles. The number of carbonyl (C=O) groups is 1. The molecule has 1 aliphatic heterocycles. The van der Waals surface area contributed by atoms with E-state index in [1.807, 2.05) is 4.90 Å². The van der Waals surface area contributed by atoms with Gasteiger partial charge in [0.05, 0.1) is 18.8 Å². The smallest absolute Gasteiger partial charge is 0.274 e. The summed E-state index contributed by atoms with van der Waals surface area (Å²) in [5.74, 6) is 5.59. The van der Waals surface area contributed by atoms with Crippen molar-refractivity contribution < 1.29 is 9.53 Å². The number of nitrogens with zero attached hydrogens (tertiary/aromatic N) is 3. The number of morpholine rings is 1. The number of nitrogens with two attached hydrogens (primary N) is 1. The van der Waals surface area contributed by atoms with E-state index in [2.05, 4.69) is 15.6 Å². The predicted octanol–water partition coefficient (Wildman–Crippen LogP) is 0.156. The number of aromatic nitrogens is 2. The van der Waals surface area contributed by atoms with Gasteiger partial charge in [0.1, 0.15) is 0 Å². The van der Waals surface area contributed by atoms with Gasteiger partial charge >= 0.3 is 0 Å². The molecule has 1 amide bonds. The van der Waals surface area contributed by atoms with Gasteiger partial charge in [0.2, 0.25) is 0 Å². The Morgan fingerprint density at radius 1 is 1.42 bits per heavy atom. The van der Waals surface area contributed by atoms with Gasteiger partial charge in [0.15, 0.2) is 11.5 Å². The summed E-state index contributed by atoms with van der Waals surface area (Å²) in [5.41, 5.74) is 2.74. The van der Waals surface area contributed by atoms with Gasteiger partial charge in [-0.15, -0.1) is 10.2 Å². The number of ether oxygens (including phenoxy) is 1. The fourth-order valence-electron chi connectivity index (χ4n) is 2.85. The second kappa shape index (κ2) is 5.10. The molecule has 2 aliphatic rings. The van der Waals surface area contributed by atoms with Gasteiger partial charge in [0.25, 0.3) is 5.91 Å². The first-order valence-electron chi connectivity index (χ1n) is 6.52. The van der Waals surface area contributed by atoms with Crippen molar-refractivity contribution in [1.29, 1.82) is 0 Å². The zero-order valence-corrected chi connectivity index (χ0v) is 10.6. The fraction of sp³-hybridized carbons (Fsp3) is 0.583. The highest BCUT2D eigenvalue weighted by Crippen LogP contribution is 2.30. The minimum atomic E-state index is -0.0729. The van der Waals surface area contributed by atoms with Crippen molar-refractivity contribution in [2.45, 2.75) is 31.4 Å². The molecule has 19 heavy (non-hydrogen) atoms. The van der Waals surface area contributed by atoms with Crippen LogP contribution in [0.2, 0.25) is 0 Å². The average molecular weight is 263 g/mol. The quantitative estimate of drug-likeness (QED) is 0.583. The SMILES string of the molecule is NNc1ccc(C(=O)N2CCOC3CCCC32)nn1. The van der Waals surface area contributed by atoms with Crippen LogP contribution < -0.4 is 11.3 Å². The van der Waals surface area contributed by atoms with Crippen LogP contribution >= 0.6 is 0 Å². The van der Waals surface area contributed by atoms with Gasteiger partial charge < -0.3 is 15.1 Å². The Balaban J connectivity index is 1.78. The monoisotopic (exact) mass is 263 g/mol. The number of carbonyl (C=O) groups excluding carboxylic acids is 1. The molecule has 0 spiro atoms. The van der Waals surface area contributed by atoms with Crippen LogP contribution in [0, 0.1) is 0 Å². The molecular weight excluding hydrogens is 246 g/mol. The highest BCUT2D eigenvalue weighted by molar-refractivity contribution is 5.92. The Bertz CT molecular complexity index is 464. The Morgan fingerprint density at radius 2 is 2.32 bits per heavy atom. The van der Waals surface area contributed by atoms with E-state index in [-0.39, 0.29) is 18.1 Å². The van der Waals surface area contributed by atoms with Gasteiger partial charge in [-0.1, -0.05) is 0 Å². The highest BCUT2D eigenvalue weighted by Gasteiger charge is 2.38. The Hall–Kier alpha value is -1.73.